The first-order chi connectivity index (χ1) is 12.6. The molecule has 5 N–H and O–H groups in total. The van der Waals surface area contributed by atoms with Gasteiger partial charge in [0.1, 0.15) is 24.1 Å². The van der Waals surface area contributed by atoms with Crippen LogP contribution in [0.1, 0.15) is 32.4 Å². The summed E-state index contributed by atoms with van der Waals surface area (Å²) in [5, 5.41) is 30.3. The fraction of sp³-hybridized carbons (Fsp3) is 0.688. The van der Waals surface area contributed by atoms with Crippen LogP contribution in [0.25, 0.3) is 11.2 Å². The third-order valence-corrected chi connectivity index (χ3v) is 6.02. The molecule has 26 heavy (non-hydrogen) atoms. The van der Waals surface area contributed by atoms with E-state index in [1.54, 1.807) is 16.3 Å². The van der Waals surface area contributed by atoms with Crippen molar-refractivity contribution >= 4 is 28.7 Å². The lowest BCUT2D eigenvalue weighted by atomic mass is 10.1. The van der Waals surface area contributed by atoms with Gasteiger partial charge in [-0.3, -0.25) is 4.57 Å². The minimum atomic E-state index is -1.10. The Morgan fingerprint density at radius 2 is 2.08 bits per heavy atom. The van der Waals surface area contributed by atoms with Crippen molar-refractivity contribution in [1.82, 2.24) is 19.5 Å². The van der Waals surface area contributed by atoms with E-state index in [1.807, 2.05) is 0 Å². The molecule has 3 rings (SSSR count). The molecule has 1 aliphatic heterocycles. The molecule has 2 aromatic heterocycles. The fourth-order valence-electron chi connectivity index (χ4n) is 3.16. The van der Waals surface area contributed by atoms with Crippen molar-refractivity contribution in [3.8, 4) is 0 Å². The standard InChI is InChI=1S/C16H25N5O4S/c1-2-3-9(4-5-22)26-6-10-12(23)13(24)16(25-10)21-8-20-11-14(17)18-7-19-15(11)21/h7-10,12-13,16,22-24H,2-6H2,1H3,(H2,17,18,19)/t9?,10-,12-,13-,16-/m1/s1. The summed E-state index contributed by atoms with van der Waals surface area (Å²) in [5.74, 6) is 0.781. The van der Waals surface area contributed by atoms with Gasteiger partial charge >= 0.3 is 0 Å². The Balaban J connectivity index is 1.72. The fourth-order valence-corrected chi connectivity index (χ4v) is 4.57. The maximum atomic E-state index is 10.5. The summed E-state index contributed by atoms with van der Waals surface area (Å²) in [6.07, 6.45) is 2.10. The van der Waals surface area contributed by atoms with E-state index in [0.29, 0.717) is 28.6 Å². The molecule has 1 unspecified atom stereocenters. The summed E-state index contributed by atoms with van der Waals surface area (Å²) in [4.78, 5) is 12.2. The number of hydrogen-bond acceptors (Lipinski definition) is 9. The van der Waals surface area contributed by atoms with E-state index in [0.717, 1.165) is 12.8 Å². The Kier molecular flexibility index (Phi) is 6.30. The van der Waals surface area contributed by atoms with Crippen molar-refractivity contribution in [2.45, 2.75) is 56.0 Å². The van der Waals surface area contributed by atoms with Gasteiger partial charge in [0.15, 0.2) is 17.7 Å². The second kappa shape index (κ2) is 8.49. The van der Waals surface area contributed by atoms with Crippen LogP contribution in [0.3, 0.4) is 0 Å². The molecule has 1 saturated heterocycles. The van der Waals surface area contributed by atoms with Gasteiger partial charge in [-0.2, -0.15) is 11.8 Å². The first kappa shape index (κ1) is 19.3. The number of aromatic nitrogens is 4. The van der Waals surface area contributed by atoms with Crippen molar-refractivity contribution in [1.29, 1.82) is 0 Å². The second-order valence-corrected chi connectivity index (χ2v) is 7.72. The number of fused-ring (bicyclic) bond motifs is 1. The lowest BCUT2D eigenvalue weighted by Gasteiger charge is -2.19. The van der Waals surface area contributed by atoms with E-state index >= 15 is 0 Å². The molecule has 0 saturated carbocycles. The summed E-state index contributed by atoms with van der Waals surface area (Å²) in [6.45, 7) is 2.24. The average Bonchev–Trinajstić information content (AvgIpc) is 3.17. The van der Waals surface area contributed by atoms with E-state index in [9.17, 15) is 15.3 Å². The Hall–Kier alpha value is -1.46. The highest BCUT2D eigenvalue weighted by molar-refractivity contribution is 7.99. The maximum absolute atomic E-state index is 10.5. The molecule has 10 heteroatoms. The normalized spacial score (nSPS) is 27.2. The Labute approximate surface area is 155 Å². The number of nitrogen functional groups attached to an aromatic ring is 1. The SMILES string of the molecule is CCCC(CCO)SC[C@H]1O[C@@H](n2cnc3c(N)ncnc32)[C@H](O)[C@@H]1O. The molecule has 144 valence electrons. The van der Waals surface area contributed by atoms with Gasteiger partial charge in [0.05, 0.1) is 12.4 Å². The zero-order valence-corrected chi connectivity index (χ0v) is 15.4. The lowest BCUT2D eigenvalue weighted by Crippen LogP contribution is -2.33. The summed E-state index contributed by atoms with van der Waals surface area (Å²) < 4.78 is 7.50. The first-order valence-electron chi connectivity index (χ1n) is 8.73. The molecule has 2 aromatic rings. The maximum Gasteiger partial charge on any atom is 0.167 e. The zero-order valence-electron chi connectivity index (χ0n) is 14.6. The lowest BCUT2D eigenvalue weighted by molar-refractivity contribution is -0.0289. The number of nitrogens with two attached hydrogens (primary N) is 1. The summed E-state index contributed by atoms with van der Waals surface area (Å²) in [7, 11) is 0. The van der Waals surface area contributed by atoms with Crippen LogP contribution in [-0.4, -0.2) is 70.8 Å². The van der Waals surface area contributed by atoms with Crippen LogP contribution < -0.4 is 5.73 Å². The number of rotatable bonds is 8. The van der Waals surface area contributed by atoms with Gasteiger partial charge in [0.25, 0.3) is 0 Å². The van der Waals surface area contributed by atoms with Crippen LogP contribution in [0.15, 0.2) is 12.7 Å². The molecule has 0 amide bonds. The Morgan fingerprint density at radius 3 is 2.81 bits per heavy atom. The molecule has 0 bridgehead atoms. The monoisotopic (exact) mass is 383 g/mol. The number of aliphatic hydroxyl groups is 3. The van der Waals surface area contributed by atoms with Crippen LogP contribution in [0, 0.1) is 0 Å². The van der Waals surface area contributed by atoms with E-state index in [1.165, 1.54) is 12.7 Å². The van der Waals surface area contributed by atoms with Crippen LogP contribution >= 0.6 is 11.8 Å². The number of ether oxygens (including phenoxy) is 1. The van der Waals surface area contributed by atoms with E-state index < -0.39 is 24.5 Å². The highest BCUT2D eigenvalue weighted by Crippen LogP contribution is 2.34. The number of aliphatic hydroxyl groups excluding tert-OH is 3. The average molecular weight is 383 g/mol. The smallest absolute Gasteiger partial charge is 0.167 e. The molecular weight excluding hydrogens is 358 g/mol. The third-order valence-electron chi connectivity index (χ3n) is 4.56. The molecule has 1 aliphatic rings. The summed E-state index contributed by atoms with van der Waals surface area (Å²) in [5.41, 5.74) is 6.67. The number of thioether (sulfide) groups is 1. The van der Waals surface area contributed by atoms with Crippen LogP contribution in [0.4, 0.5) is 5.82 Å². The predicted octanol–water partition coefficient (Wildman–Crippen LogP) is 0.312. The minimum absolute atomic E-state index is 0.138. The molecule has 0 radical (unpaired) electrons. The van der Waals surface area contributed by atoms with Crippen molar-refractivity contribution in [3.05, 3.63) is 12.7 Å². The van der Waals surface area contributed by atoms with E-state index in [-0.39, 0.29) is 12.4 Å². The number of nitrogens with zero attached hydrogens (tertiary/aromatic N) is 4. The van der Waals surface area contributed by atoms with Crippen molar-refractivity contribution in [2.75, 3.05) is 18.1 Å². The number of anilines is 1. The number of imidazole rings is 1. The van der Waals surface area contributed by atoms with Gasteiger partial charge in [0.2, 0.25) is 0 Å². The van der Waals surface area contributed by atoms with Crippen molar-refractivity contribution < 1.29 is 20.1 Å². The highest BCUT2D eigenvalue weighted by atomic mass is 32.2. The predicted molar refractivity (Wildman–Crippen MR) is 98.5 cm³/mol. The molecule has 0 aliphatic carbocycles. The molecule has 5 atom stereocenters. The van der Waals surface area contributed by atoms with Crippen molar-refractivity contribution in [3.63, 3.8) is 0 Å². The van der Waals surface area contributed by atoms with Gasteiger partial charge in [0, 0.05) is 17.6 Å². The quantitative estimate of drug-likeness (QED) is 0.507. The Morgan fingerprint density at radius 1 is 1.27 bits per heavy atom. The molecule has 3 heterocycles. The third kappa shape index (κ3) is 3.79. The van der Waals surface area contributed by atoms with Gasteiger partial charge in [-0.1, -0.05) is 13.3 Å². The number of hydrogen-bond donors (Lipinski definition) is 4. The largest absolute Gasteiger partial charge is 0.396 e. The van der Waals surface area contributed by atoms with Gasteiger partial charge in [-0.15, -0.1) is 0 Å². The molecule has 0 spiro atoms. The van der Waals surface area contributed by atoms with Crippen molar-refractivity contribution in [2.24, 2.45) is 0 Å². The molecule has 0 aromatic carbocycles. The highest BCUT2D eigenvalue weighted by Gasteiger charge is 2.44. The van der Waals surface area contributed by atoms with Gasteiger partial charge in [-0.25, -0.2) is 15.0 Å². The summed E-state index contributed by atoms with van der Waals surface area (Å²) >= 11 is 1.65. The second-order valence-electron chi connectivity index (χ2n) is 6.39. The van der Waals surface area contributed by atoms with E-state index in [4.69, 9.17) is 10.5 Å². The Bertz CT molecular complexity index is 724. The molecule has 1 fully saturated rings. The van der Waals surface area contributed by atoms with Gasteiger partial charge < -0.3 is 25.8 Å². The summed E-state index contributed by atoms with van der Waals surface area (Å²) in [6, 6.07) is 0. The van der Waals surface area contributed by atoms with Gasteiger partial charge in [-0.05, 0) is 12.8 Å². The van der Waals surface area contributed by atoms with Crippen LogP contribution in [-0.2, 0) is 4.74 Å². The topological polar surface area (TPSA) is 140 Å². The first-order valence-corrected chi connectivity index (χ1v) is 9.78. The minimum Gasteiger partial charge on any atom is -0.396 e. The van der Waals surface area contributed by atoms with Crippen LogP contribution in [0.5, 0.6) is 0 Å². The van der Waals surface area contributed by atoms with Crippen LogP contribution in [0.2, 0.25) is 0 Å². The van der Waals surface area contributed by atoms with E-state index in [2.05, 4.69) is 21.9 Å². The molecule has 9 nitrogen and oxygen atoms in total. The molecular formula is C16H25N5O4S. The zero-order chi connectivity index (χ0) is 18.7.